The van der Waals surface area contributed by atoms with Crippen LogP contribution < -0.4 is 5.32 Å². The van der Waals surface area contributed by atoms with Crippen LogP contribution in [0.5, 0.6) is 5.75 Å². The van der Waals surface area contributed by atoms with E-state index in [-0.39, 0.29) is 33.7 Å². The lowest BCUT2D eigenvalue weighted by molar-refractivity contribution is -0.137. The van der Waals surface area contributed by atoms with E-state index in [2.05, 4.69) is 15.2 Å². The number of halogens is 4. The van der Waals surface area contributed by atoms with Crippen molar-refractivity contribution in [1.29, 1.82) is 0 Å². The van der Waals surface area contributed by atoms with E-state index in [0.29, 0.717) is 47.4 Å². The molecule has 2 N–H and O–H groups in total. The minimum atomic E-state index is -4.48. The number of thiazole rings is 1. The predicted molar refractivity (Wildman–Crippen MR) is 130 cm³/mol. The number of benzene rings is 2. The van der Waals surface area contributed by atoms with Crippen molar-refractivity contribution >= 4 is 44.2 Å². The molecule has 35 heavy (non-hydrogen) atoms. The maximum atomic E-state index is 13.3. The lowest BCUT2D eigenvalue weighted by Gasteiger charge is -2.35. The van der Waals surface area contributed by atoms with E-state index in [9.17, 15) is 23.1 Å². The first kappa shape index (κ1) is 25.7. The molecule has 0 aliphatic carbocycles. The quantitative estimate of drug-likeness (QED) is 0.419. The molecule has 6 nitrogen and oxygen atoms in total. The number of phenols is 1. The van der Waals surface area contributed by atoms with Crippen molar-refractivity contribution in [3.05, 3.63) is 51.5 Å². The van der Waals surface area contributed by atoms with E-state index in [4.69, 9.17) is 16.3 Å². The molecule has 188 valence electrons. The maximum Gasteiger partial charge on any atom is 0.416 e. The van der Waals surface area contributed by atoms with Crippen molar-refractivity contribution in [2.24, 2.45) is 0 Å². The summed E-state index contributed by atoms with van der Waals surface area (Å²) < 4.78 is 45.9. The minimum Gasteiger partial charge on any atom is -0.507 e. The standard InChI is InChI=1S/C24H25ClF3N3O3S/c1-4-14-5-16(24(26,27)28)7-19-20(14)29-23(35-19)30-22(33)18-8-17(25)6-15(21(18)32)11-31-9-12(2)34-13(3)10-31/h5-8,12-13,32H,4,9-11H2,1-3H3,(H,29,30,33)/t12-,13?/m1/s1. The van der Waals surface area contributed by atoms with Crippen molar-refractivity contribution in [1.82, 2.24) is 9.88 Å². The van der Waals surface area contributed by atoms with Crippen LogP contribution in [0.4, 0.5) is 18.3 Å². The van der Waals surface area contributed by atoms with Crippen LogP contribution in [0.25, 0.3) is 10.2 Å². The fraction of sp³-hybridized carbons (Fsp3) is 0.417. The molecular formula is C24H25ClF3N3O3S. The van der Waals surface area contributed by atoms with E-state index in [1.165, 1.54) is 6.07 Å². The number of carbonyl (C=O) groups excluding carboxylic acids is 1. The van der Waals surface area contributed by atoms with Crippen molar-refractivity contribution < 1.29 is 27.8 Å². The Morgan fingerprint density at radius 1 is 1.23 bits per heavy atom. The highest BCUT2D eigenvalue weighted by molar-refractivity contribution is 7.22. The first-order valence-electron chi connectivity index (χ1n) is 11.2. The number of anilines is 1. The number of aromatic hydroxyl groups is 1. The maximum absolute atomic E-state index is 13.3. The summed E-state index contributed by atoms with van der Waals surface area (Å²) in [5.41, 5.74) is 0.553. The number of hydrogen-bond donors (Lipinski definition) is 2. The van der Waals surface area contributed by atoms with Crippen LogP contribution in [0, 0.1) is 0 Å². The predicted octanol–water partition coefficient (Wildman–Crippen LogP) is 6.10. The van der Waals surface area contributed by atoms with Crippen molar-refractivity contribution in [2.75, 3.05) is 18.4 Å². The zero-order chi connectivity index (χ0) is 25.5. The van der Waals surface area contributed by atoms with E-state index < -0.39 is 17.6 Å². The van der Waals surface area contributed by atoms with Gasteiger partial charge in [-0.2, -0.15) is 13.2 Å². The number of alkyl halides is 3. The molecule has 2 atom stereocenters. The number of aryl methyl sites for hydroxylation is 1. The number of amides is 1. The van der Waals surface area contributed by atoms with Gasteiger partial charge in [-0.3, -0.25) is 15.0 Å². The number of nitrogens with zero attached hydrogens (tertiary/aromatic N) is 2. The van der Waals surface area contributed by atoms with E-state index in [0.717, 1.165) is 23.5 Å². The highest BCUT2D eigenvalue weighted by Gasteiger charge is 2.32. The van der Waals surface area contributed by atoms with Crippen LogP contribution >= 0.6 is 22.9 Å². The highest BCUT2D eigenvalue weighted by Crippen LogP contribution is 2.37. The van der Waals surface area contributed by atoms with Crippen molar-refractivity contribution in [2.45, 2.75) is 52.1 Å². The third-order valence-electron chi connectivity index (χ3n) is 5.79. The Balaban J connectivity index is 1.60. The summed E-state index contributed by atoms with van der Waals surface area (Å²) in [5, 5.41) is 13.9. The molecule has 1 aliphatic heterocycles. The molecule has 4 rings (SSSR count). The Bertz CT molecular complexity index is 1250. The lowest BCUT2D eigenvalue weighted by Crippen LogP contribution is -2.44. The second kappa shape index (κ2) is 9.93. The third-order valence-corrected chi connectivity index (χ3v) is 6.93. The molecule has 3 aromatic rings. The molecule has 0 bridgehead atoms. The summed E-state index contributed by atoms with van der Waals surface area (Å²) in [6.45, 7) is 7.41. The second-order valence-corrected chi connectivity index (χ2v) is 10.2. The molecule has 2 heterocycles. The fourth-order valence-corrected chi connectivity index (χ4v) is 5.54. The summed E-state index contributed by atoms with van der Waals surface area (Å²) >= 11 is 7.20. The van der Waals surface area contributed by atoms with Gasteiger partial charge in [-0.15, -0.1) is 0 Å². The number of carbonyl (C=O) groups is 1. The number of fused-ring (bicyclic) bond motifs is 1. The molecule has 1 aromatic heterocycles. The summed E-state index contributed by atoms with van der Waals surface area (Å²) in [5.74, 6) is -0.850. The molecule has 1 unspecified atom stereocenters. The number of hydrogen-bond acceptors (Lipinski definition) is 6. The molecule has 1 saturated heterocycles. The van der Waals surface area contributed by atoms with Crippen LogP contribution in [-0.2, 0) is 23.9 Å². The van der Waals surface area contributed by atoms with Crippen molar-refractivity contribution in [3.63, 3.8) is 0 Å². The Labute approximate surface area is 209 Å². The molecule has 1 aliphatic rings. The molecule has 0 saturated carbocycles. The summed E-state index contributed by atoms with van der Waals surface area (Å²) in [7, 11) is 0. The van der Waals surface area contributed by atoms with E-state index in [1.54, 1.807) is 13.0 Å². The van der Waals surface area contributed by atoms with Gasteiger partial charge in [-0.1, -0.05) is 29.9 Å². The summed E-state index contributed by atoms with van der Waals surface area (Å²) in [6.07, 6.45) is -4.06. The number of morpholine rings is 1. The summed E-state index contributed by atoms with van der Waals surface area (Å²) in [4.78, 5) is 19.5. The number of nitrogens with one attached hydrogen (secondary N) is 1. The second-order valence-electron chi connectivity index (χ2n) is 8.72. The Hall–Kier alpha value is -2.40. The zero-order valence-electron chi connectivity index (χ0n) is 19.4. The molecule has 11 heteroatoms. The average molecular weight is 528 g/mol. The van der Waals surface area contributed by atoms with Gasteiger partial charge in [0.05, 0.1) is 33.6 Å². The molecule has 1 amide bonds. The van der Waals surface area contributed by atoms with Crippen LogP contribution in [-0.4, -0.2) is 46.2 Å². The van der Waals surface area contributed by atoms with E-state index >= 15 is 0 Å². The van der Waals surface area contributed by atoms with Gasteiger partial charge in [0.25, 0.3) is 5.91 Å². The van der Waals surface area contributed by atoms with Gasteiger partial charge in [-0.25, -0.2) is 4.98 Å². The van der Waals surface area contributed by atoms with Crippen molar-refractivity contribution in [3.8, 4) is 5.75 Å². The smallest absolute Gasteiger partial charge is 0.416 e. The molecule has 1 fully saturated rings. The number of rotatable bonds is 5. The van der Waals surface area contributed by atoms with E-state index in [1.807, 2.05) is 13.8 Å². The van der Waals surface area contributed by atoms with Gasteiger partial charge in [0, 0.05) is 30.2 Å². The Morgan fingerprint density at radius 2 is 1.91 bits per heavy atom. The molecular weight excluding hydrogens is 503 g/mol. The first-order valence-corrected chi connectivity index (χ1v) is 12.3. The Morgan fingerprint density at radius 3 is 2.54 bits per heavy atom. The van der Waals surface area contributed by atoms with Crippen LogP contribution in [0.15, 0.2) is 24.3 Å². The van der Waals surface area contributed by atoms with Gasteiger partial charge in [-0.05, 0) is 50.1 Å². The van der Waals surface area contributed by atoms with Crippen LogP contribution in [0.3, 0.4) is 0 Å². The largest absolute Gasteiger partial charge is 0.507 e. The van der Waals surface area contributed by atoms with Crippen LogP contribution in [0.1, 0.15) is 47.8 Å². The number of ether oxygens (including phenoxy) is 1. The number of aromatic nitrogens is 1. The summed E-state index contributed by atoms with van der Waals surface area (Å²) in [6, 6.07) is 5.08. The molecule has 2 aromatic carbocycles. The van der Waals surface area contributed by atoms with Gasteiger partial charge in [0.15, 0.2) is 5.13 Å². The van der Waals surface area contributed by atoms with Gasteiger partial charge in [0.2, 0.25) is 0 Å². The monoisotopic (exact) mass is 527 g/mol. The average Bonchev–Trinajstić information content (AvgIpc) is 3.16. The molecule has 0 spiro atoms. The van der Waals surface area contributed by atoms with Crippen LogP contribution in [0.2, 0.25) is 5.02 Å². The highest BCUT2D eigenvalue weighted by atomic mass is 35.5. The normalized spacial score (nSPS) is 19.3. The van der Waals surface area contributed by atoms with Gasteiger partial charge >= 0.3 is 6.18 Å². The zero-order valence-corrected chi connectivity index (χ0v) is 20.9. The topological polar surface area (TPSA) is 74.7 Å². The molecule has 0 radical (unpaired) electrons. The SMILES string of the molecule is CCc1cc(C(F)(F)F)cc2sc(NC(=O)c3cc(Cl)cc(CN4CC(C)O[C@H](C)C4)c3O)nc12. The minimum absolute atomic E-state index is 0.0344. The van der Waals surface area contributed by atoms with Gasteiger partial charge < -0.3 is 9.84 Å². The van der Waals surface area contributed by atoms with Gasteiger partial charge in [0.1, 0.15) is 5.75 Å². The Kier molecular flexibility index (Phi) is 7.28. The fourth-order valence-electron chi connectivity index (χ4n) is 4.35. The third kappa shape index (κ3) is 5.72. The lowest BCUT2D eigenvalue weighted by atomic mass is 10.1. The number of phenolic OH excluding ortho intramolecular Hbond substituents is 1. The first-order chi connectivity index (χ1) is 16.4.